The largest absolute Gasteiger partial charge is 0.445 e. The first-order chi connectivity index (χ1) is 18.6. The van der Waals surface area contributed by atoms with E-state index in [2.05, 4.69) is 5.32 Å². The van der Waals surface area contributed by atoms with Crippen LogP contribution in [0.5, 0.6) is 0 Å². The number of ether oxygens (including phenoxy) is 1. The molecule has 1 unspecified atom stereocenters. The lowest BCUT2D eigenvalue weighted by molar-refractivity contribution is -0.156. The van der Waals surface area contributed by atoms with Crippen molar-refractivity contribution in [1.29, 1.82) is 0 Å². The van der Waals surface area contributed by atoms with Crippen molar-refractivity contribution in [3.05, 3.63) is 35.9 Å². The smallest absolute Gasteiger partial charge is 0.410 e. The highest BCUT2D eigenvalue weighted by Crippen LogP contribution is 2.31. The Hall–Kier alpha value is -3.14. The average Bonchev–Trinajstić information content (AvgIpc) is 3.30. The number of amides is 4. The first kappa shape index (κ1) is 30.4. The van der Waals surface area contributed by atoms with Gasteiger partial charge in [-0.1, -0.05) is 76.8 Å². The Morgan fingerprint density at radius 3 is 2.33 bits per heavy atom. The highest BCUT2D eigenvalue weighted by Gasteiger charge is 2.38. The van der Waals surface area contributed by atoms with Gasteiger partial charge in [0.25, 0.3) is 0 Å². The summed E-state index contributed by atoms with van der Waals surface area (Å²) in [6.07, 6.45) is 5.33. The summed E-state index contributed by atoms with van der Waals surface area (Å²) in [4.78, 5) is 54.2. The van der Waals surface area contributed by atoms with Crippen molar-refractivity contribution in [2.24, 2.45) is 17.3 Å². The molecule has 1 aromatic rings. The lowest BCUT2D eigenvalue weighted by Crippen LogP contribution is -2.57. The van der Waals surface area contributed by atoms with E-state index in [0.717, 1.165) is 31.2 Å². The summed E-state index contributed by atoms with van der Waals surface area (Å²) >= 11 is 0. The van der Waals surface area contributed by atoms with Gasteiger partial charge in [-0.15, -0.1) is 0 Å². The van der Waals surface area contributed by atoms with E-state index in [1.165, 1.54) is 0 Å². The fourth-order valence-electron chi connectivity index (χ4n) is 5.40. The van der Waals surface area contributed by atoms with E-state index < -0.39 is 23.5 Å². The minimum atomic E-state index is -0.795. The van der Waals surface area contributed by atoms with Crippen LogP contribution in [0.25, 0.3) is 0 Å². The highest BCUT2D eigenvalue weighted by molar-refractivity contribution is 5.89. The minimum absolute atomic E-state index is 0.110. The molecule has 1 aromatic carbocycles. The Kier molecular flexibility index (Phi) is 11.2. The summed E-state index contributed by atoms with van der Waals surface area (Å²) in [5.74, 6) is -0.786. The molecule has 2 atom stereocenters. The van der Waals surface area contributed by atoms with Gasteiger partial charge in [-0.3, -0.25) is 19.6 Å². The standard InChI is InChI=1S/C29H44N4O6/c1-29(2,3)25(30-26(35)24(19-33(38)21-34)18-22-10-7-8-11-22)27(36)31-14-9-15-32(17-16-31)28(37)39-20-23-12-5-4-6-13-23/h4-6,12-13,21-22,24-25,38H,7-11,14-20H2,1-3H3,(H,30,35)/t24?,25-/m1/s1. The third-order valence-electron chi connectivity index (χ3n) is 7.66. The van der Waals surface area contributed by atoms with Crippen molar-refractivity contribution in [3.8, 4) is 0 Å². The van der Waals surface area contributed by atoms with Gasteiger partial charge in [0.2, 0.25) is 18.2 Å². The lowest BCUT2D eigenvalue weighted by atomic mass is 9.84. The number of nitrogens with one attached hydrogen (secondary N) is 1. The van der Waals surface area contributed by atoms with Crippen molar-refractivity contribution >= 4 is 24.3 Å². The molecule has 1 heterocycles. The van der Waals surface area contributed by atoms with E-state index in [1.807, 2.05) is 51.1 Å². The molecule has 10 heteroatoms. The second-order valence-corrected chi connectivity index (χ2v) is 11.8. The molecule has 0 spiro atoms. The van der Waals surface area contributed by atoms with Gasteiger partial charge in [-0.05, 0) is 29.7 Å². The predicted octanol–water partition coefficient (Wildman–Crippen LogP) is 3.43. The molecule has 39 heavy (non-hydrogen) atoms. The number of hydrogen-bond acceptors (Lipinski definition) is 6. The quantitative estimate of drug-likeness (QED) is 0.265. The molecule has 2 N–H and O–H groups in total. The van der Waals surface area contributed by atoms with Gasteiger partial charge in [0.15, 0.2) is 0 Å². The molecule has 2 aliphatic rings. The van der Waals surface area contributed by atoms with E-state index in [0.29, 0.717) is 56.4 Å². The second kappa shape index (κ2) is 14.3. The summed E-state index contributed by atoms with van der Waals surface area (Å²) in [6.45, 7) is 7.39. The Morgan fingerprint density at radius 2 is 1.69 bits per heavy atom. The fraction of sp³-hybridized carbons (Fsp3) is 0.655. The van der Waals surface area contributed by atoms with Gasteiger partial charge >= 0.3 is 6.09 Å². The van der Waals surface area contributed by atoms with Crippen LogP contribution in [-0.4, -0.2) is 83.2 Å². The molecule has 1 aliphatic carbocycles. The van der Waals surface area contributed by atoms with Crippen LogP contribution in [-0.2, 0) is 25.7 Å². The van der Waals surface area contributed by atoms with Crippen LogP contribution < -0.4 is 5.32 Å². The summed E-state index contributed by atoms with van der Waals surface area (Å²) in [5, 5.41) is 13.3. The van der Waals surface area contributed by atoms with Crippen molar-refractivity contribution < 1.29 is 29.1 Å². The predicted molar refractivity (Wildman–Crippen MR) is 145 cm³/mol. The third kappa shape index (κ3) is 9.23. The molecular weight excluding hydrogens is 500 g/mol. The van der Waals surface area contributed by atoms with Crippen molar-refractivity contribution in [1.82, 2.24) is 20.2 Å². The Bertz CT molecular complexity index is 960. The molecule has 216 valence electrons. The van der Waals surface area contributed by atoms with Crippen molar-refractivity contribution in [2.75, 3.05) is 32.7 Å². The fourth-order valence-corrected chi connectivity index (χ4v) is 5.40. The molecule has 3 rings (SSSR count). The molecule has 0 bridgehead atoms. The van der Waals surface area contributed by atoms with Crippen molar-refractivity contribution in [3.63, 3.8) is 0 Å². The number of carbonyl (C=O) groups is 4. The summed E-state index contributed by atoms with van der Waals surface area (Å²) in [5.41, 5.74) is 0.333. The molecule has 0 radical (unpaired) electrons. The Labute approximate surface area is 231 Å². The number of benzene rings is 1. The van der Waals surface area contributed by atoms with Crippen LogP contribution in [0.3, 0.4) is 0 Å². The molecule has 1 aliphatic heterocycles. The van der Waals surface area contributed by atoms with Crippen molar-refractivity contribution in [2.45, 2.75) is 71.9 Å². The van der Waals surface area contributed by atoms with E-state index >= 15 is 0 Å². The van der Waals surface area contributed by atoms with E-state index in [4.69, 9.17) is 4.74 Å². The molecular formula is C29H44N4O6. The Balaban J connectivity index is 1.62. The summed E-state index contributed by atoms with van der Waals surface area (Å²) in [6, 6.07) is 8.68. The number of hydroxylamine groups is 2. The normalized spacial score (nSPS) is 18.2. The number of carbonyl (C=O) groups excluding carboxylic acids is 4. The molecule has 1 saturated carbocycles. The van der Waals surface area contributed by atoms with Gasteiger partial charge < -0.3 is 19.9 Å². The maximum atomic E-state index is 13.7. The second-order valence-electron chi connectivity index (χ2n) is 11.8. The van der Waals surface area contributed by atoms with Crippen LogP contribution in [0.15, 0.2) is 30.3 Å². The number of hydrogen-bond donors (Lipinski definition) is 2. The van der Waals surface area contributed by atoms with Crippen LogP contribution in [0.2, 0.25) is 0 Å². The van der Waals surface area contributed by atoms with E-state index in [1.54, 1.807) is 9.80 Å². The maximum absolute atomic E-state index is 13.7. The zero-order valence-corrected chi connectivity index (χ0v) is 23.5. The number of nitrogens with zero attached hydrogens (tertiary/aromatic N) is 3. The van der Waals surface area contributed by atoms with Crippen LogP contribution in [0, 0.1) is 17.3 Å². The first-order valence-electron chi connectivity index (χ1n) is 14.0. The first-order valence-corrected chi connectivity index (χ1v) is 14.0. The summed E-state index contributed by atoms with van der Waals surface area (Å²) in [7, 11) is 0. The van der Waals surface area contributed by atoms with Gasteiger partial charge in [0.05, 0.1) is 12.5 Å². The molecule has 10 nitrogen and oxygen atoms in total. The topological polar surface area (TPSA) is 119 Å². The van der Waals surface area contributed by atoms with Gasteiger partial charge in [0, 0.05) is 26.2 Å². The Morgan fingerprint density at radius 1 is 1.05 bits per heavy atom. The highest BCUT2D eigenvalue weighted by atomic mass is 16.6. The summed E-state index contributed by atoms with van der Waals surface area (Å²) < 4.78 is 5.47. The zero-order valence-electron chi connectivity index (χ0n) is 23.5. The average molecular weight is 545 g/mol. The third-order valence-corrected chi connectivity index (χ3v) is 7.66. The maximum Gasteiger partial charge on any atom is 0.410 e. The SMILES string of the molecule is CC(C)(C)[C@H](NC(=O)C(CC1CCCC1)CN(O)C=O)C(=O)N1CCCN(C(=O)OCc2ccccc2)CC1. The van der Waals surface area contributed by atoms with E-state index in [9.17, 15) is 24.4 Å². The van der Waals surface area contributed by atoms with E-state index in [-0.39, 0.29) is 25.0 Å². The van der Waals surface area contributed by atoms with Crippen LogP contribution in [0.1, 0.15) is 64.9 Å². The molecule has 2 fully saturated rings. The molecule has 0 aromatic heterocycles. The lowest BCUT2D eigenvalue weighted by Gasteiger charge is -2.36. The number of rotatable bonds is 10. The minimum Gasteiger partial charge on any atom is -0.445 e. The molecule has 1 saturated heterocycles. The molecule has 4 amide bonds. The van der Waals surface area contributed by atoms with Gasteiger partial charge in [-0.25, -0.2) is 9.86 Å². The van der Waals surface area contributed by atoms with Gasteiger partial charge in [-0.2, -0.15) is 0 Å². The monoisotopic (exact) mass is 544 g/mol. The van der Waals surface area contributed by atoms with Crippen LogP contribution >= 0.6 is 0 Å². The van der Waals surface area contributed by atoms with Gasteiger partial charge in [0.1, 0.15) is 12.6 Å². The zero-order chi connectivity index (χ0) is 28.4. The van der Waals surface area contributed by atoms with Crippen LogP contribution in [0.4, 0.5) is 4.79 Å².